The third-order valence-corrected chi connectivity index (χ3v) is 2.50. The van der Waals surface area contributed by atoms with Crippen molar-refractivity contribution >= 4 is 11.8 Å². The molecule has 0 aliphatic rings. The zero-order chi connectivity index (χ0) is 13.5. The molecule has 98 valence electrons. The molecule has 5 nitrogen and oxygen atoms in total. The number of amides is 2. The number of carbonyl (C=O) groups excluding carboxylic acids is 2. The zero-order valence-corrected chi connectivity index (χ0v) is 10.7. The normalized spacial score (nSPS) is 11.7. The zero-order valence-electron chi connectivity index (χ0n) is 10.7. The molecule has 0 spiro atoms. The van der Waals surface area contributed by atoms with Gasteiger partial charge in [0.2, 0.25) is 0 Å². The molecule has 0 aliphatic heterocycles. The maximum Gasteiger partial charge on any atom is 0.251 e. The van der Waals surface area contributed by atoms with Gasteiger partial charge in [0.15, 0.2) is 0 Å². The standard InChI is InChI=1S/C13H19N3O2/c1-9(14)6-7-16-13(18)11-5-3-4-10(8-11)12(17)15-2/h3-5,8-9H,6-7,14H2,1-2H3,(H,15,17)(H,16,18). The lowest BCUT2D eigenvalue weighted by atomic mass is 10.1. The van der Waals surface area contributed by atoms with Gasteiger partial charge in [-0.1, -0.05) is 6.07 Å². The highest BCUT2D eigenvalue weighted by molar-refractivity contribution is 5.99. The Labute approximate surface area is 107 Å². The lowest BCUT2D eigenvalue weighted by Gasteiger charge is -2.08. The van der Waals surface area contributed by atoms with Gasteiger partial charge in [-0.25, -0.2) is 0 Å². The lowest BCUT2D eigenvalue weighted by molar-refractivity contribution is 0.0952. The molecule has 0 saturated carbocycles. The molecule has 1 rings (SSSR count). The molecule has 4 N–H and O–H groups in total. The first-order valence-electron chi connectivity index (χ1n) is 5.90. The Bertz CT molecular complexity index is 430. The third kappa shape index (κ3) is 4.18. The van der Waals surface area contributed by atoms with Crippen LogP contribution >= 0.6 is 0 Å². The van der Waals surface area contributed by atoms with E-state index in [1.807, 2.05) is 6.92 Å². The van der Waals surface area contributed by atoms with Crippen molar-refractivity contribution < 1.29 is 9.59 Å². The Hall–Kier alpha value is -1.88. The van der Waals surface area contributed by atoms with E-state index in [1.165, 1.54) is 0 Å². The van der Waals surface area contributed by atoms with Crippen molar-refractivity contribution in [3.63, 3.8) is 0 Å². The van der Waals surface area contributed by atoms with E-state index >= 15 is 0 Å². The number of rotatable bonds is 5. The van der Waals surface area contributed by atoms with Crippen molar-refractivity contribution in [3.8, 4) is 0 Å². The summed E-state index contributed by atoms with van der Waals surface area (Å²) in [6.07, 6.45) is 0.723. The maximum atomic E-state index is 11.8. The molecule has 0 heterocycles. The van der Waals surface area contributed by atoms with Crippen molar-refractivity contribution in [1.82, 2.24) is 10.6 Å². The first kappa shape index (κ1) is 14.2. The van der Waals surface area contributed by atoms with Crippen LogP contribution in [0.2, 0.25) is 0 Å². The predicted octanol–water partition coefficient (Wildman–Crippen LogP) is 0.513. The first-order valence-corrected chi connectivity index (χ1v) is 5.90. The molecule has 0 saturated heterocycles. The monoisotopic (exact) mass is 249 g/mol. The fourth-order valence-electron chi connectivity index (χ4n) is 1.46. The number of hydrogen-bond acceptors (Lipinski definition) is 3. The predicted molar refractivity (Wildman–Crippen MR) is 70.4 cm³/mol. The van der Waals surface area contributed by atoms with E-state index in [0.29, 0.717) is 17.7 Å². The molecule has 1 aromatic carbocycles. The summed E-state index contributed by atoms with van der Waals surface area (Å²) in [7, 11) is 1.55. The van der Waals surface area contributed by atoms with Gasteiger partial charge < -0.3 is 16.4 Å². The van der Waals surface area contributed by atoms with Crippen molar-refractivity contribution in [3.05, 3.63) is 35.4 Å². The van der Waals surface area contributed by atoms with E-state index < -0.39 is 0 Å². The molecule has 0 fully saturated rings. The Morgan fingerprint density at radius 2 is 1.89 bits per heavy atom. The van der Waals surface area contributed by atoms with Gasteiger partial charge in [-0.05, 0) is 31.5 Å². The number of nitrogens with one attached hydrogen (secondary N) is 2. The number of carbonyl (C=O) groups is 2. The molecule has 1 unspecified atom stereocenters. The van der Waals surface area contributed by atoms with Crippen molar-refractivity contribution in [2.75, 3.05) is 13.6 Å². The van der Waals surface area contributed by atoms with Gasteiger partial charge in [-0.3, -0.25) is 9.59 Å². The molecule has 1 atom stereocenters. The van der Waals surface area contributed by atoms with Gasteiger partial charge in [0.05, 0.1) is 0 Å². The van der Waals surface area contributed by atoms with Gasteiger partial charge in [0, 0.05) is 30.8 Å². The molecule has 0 aliphatic carbocycles. The summed E-state index contributed by atoms with van der Waals surface area (Å²) in [5, 5.41) is 5.28. The molecule has 2 amide bonds. The summed E-state index contributed by atoms with van der Waals surface area (Å²) in [5.41, 5.74) is 6.54. The van der Waals surface area contributed by atoms with Crippen LogP contribution in [0.5, 0.6) is 0 Å². The molecule has 1 aromatic rings. The van der Waals surface area contributed by atoms with Gasteiger partial charge in [-0.15, -0.1) is 0 Å². The number of nitrogens with two attached hydrogens (primary N) is 1. The highest BCUT2D eigenvalue weighted by Gasteiger charge is 2.09. The quantitative estimate of drug-likeness (QED) is 0.711. The highest BCUT2D eigenvalue weighted by atomic mass is 16.2. The van der Waals surface area contributed by atoms with Crippen LogP contribution in [0.4, 0.5) is 0 Å². The summed E-state index contributed by atoms with van der Waals surface area (Å²) in [4.78, 5) is 23.2. The average molecular weight is 249 g/mol. The van der Waals surface area contributed by atoms with Gasteiger partial charge in [0.25, 0.3) is 11.8 Å². The lowest BCUT2D eigenvalue weighted by Crippen LogP contribution is -2.29. The molecule has 18 heavy (non-hydrogen) atoms. The van der Waals surface area contributed by atoms with Crippen molar-refractivity contribution in [1.29, 1.82) is 0 Å². The van der Waals surface area contributed by atoms with E-state index in [0.717, 1.165) is 6.42 Å². The molecular formula is C13H19N3O2. The summed E-state index contributed by atoms with van der Waals surface area (Å²) in [6, 6.07) is 6.65. The van der Waals surface area contributed by atoms with Gasteiger partial charge >= 0.3 is 0 Å². The van der Waals surface area contributed by atoms with E-state index in [2.05, 4.69) is 10.6 Å². The number of hydrogen-bond donors (Lipinski definition) is 3. The highest BCUT2D eigenvalue weighted by Crippen LogP contribution is 2.05. The summed E-state index contributed by atoms with van der Waals surface area (Å²) in [5.74, 6) is -0.401. The smallest absolute Gasteiger partial charge is 0.251 e. The van der Waals surface area contributed by atoms with Crippen LogP contribution in [-0.4, -0.2) is 31.4 Å². The van der Waals surface area contributed by atoms with Crippen LogP contribution in [0.3, 0.4) is 0 Å². The van der Waals surface area contributed by atoms with Gasteiger partial charge in [-0.2, -0.15) is 0 Å². The molecule has 0 radical (unpaired) electrons. The van der Waals surface area contributed by atoms with E-state index in [9.17, 15) is 9.59 Å². The second-order valence-corrected chi connectivity index (χ2v) is 4.18. The van der Waals surface area contributed by atoms with Crippen LogP contribution < -0.4 is 16.4 Å². The van der Waals surface area contributed by atoms with Crippen molar-refractivity contribution in [2.24, 2.45) is 5.73 Å². The summed E-state index contributed by atoms with van der Waals surface area (Å²) < 4.78 is 0. The Balaban J connectivity index is 2.65. The minimum Gasteiger partial charge on any atom is -0.355 e. The summed E-state index contributed by atoms with van der Waals surface area (Å²) in [6.45, 7) is 2.42. The molecule has 5 heteroatoms. The molecular weight excluding hydrogens is 230 g/mol. The Morgan fingerprint density at radius 3 is 2.44 bits per heavy atom. The van der Waals surface area contributed by atoms with Crippen LogP contribution in [0.25, 0.3) is 0 Å². The fraction of sp³-hybridized carbons (Fsp3) is 0.385. The average Bonchev–Trinajstić information content (AvgIpc) is 2.37. The van der Waals surface area contributed by atoms with E-state index in [-0.39, 0.29) is 17.9 Å². The van der Waals surface area contributed by atoms with E-state index in [4.69, 9.17) is 5.73 Å². The van der Waals surface area contributed by atoms with Crippen LogP contribution in [0.1, 0.15) is 34.1 Å². The van der Waals surface area contributed by atoms with Gasteiger partial charge in [0.1, 0.15) is 0 Å². The minimum absolute atomic E-state index is 0.0579. The molecule has 0 bridgehead atoms. The molecule has 0 aromatic heterocycles. The Morgan fingerprint density at radius 1 is 1.28 bits per heavy atom. The van der Waals surface area contributed by atoms with Crippen LogP contribution in [-0.2, 0) is 0 Å². The van der Waals surface area contributed by atoms with Crippen LogP contribution in [0, 0.1) is 0 Å². The Kier molecular flexibility index (Phi) is 5.32. The van der Waals surface area contributed by atoms with E-state index in [1.54, 1.807) is 31.3 Å². The third-order valence-electron chi connectivity index (χ3n) is 2.50. The van der Waals surface area contributed by atoms with Crippen LogP contribution in [0.15, 0.2) is 24.3 Å². The second-order valence-electron chi connectivity index (χ2n) is 4.18. The number of benzene rings is 1. The topological polar surface area (TPSA) is 84.2 Å². The first-order chi connectivity index (χ1) is 8.54. The fourth-order valence-corrected chi connectivity index (χ4v) is 1.46. The SMILES string of the molecule is CNC(=O)c1cccc(C(=O)NCCC(C)N)c1. The minimum atomic E-state index is -0.208. The summed E-state index contributed by atoms with van der Waals surface area (Å²) >= 11 is 0. The van der Waals surface area contributed by atoms with Crippen molar-refractivity contribution in [2.45, 2.75) is 19.4 Å². The second kappa shape index (κ2) is 6.76. The largest absolute Gasteiger partial charge is 0.355 e. The maximum absolute atomic E-state index is 11.8.